The number of piperidine rings is 2. The molecule has 4 saturated heterocycles. The number of carbonyl (C=O) groups excluding carboxylic acids is 2. The van der Waals surface area contributed by atoms with Crippen LogP contribution in [0.4, 0.5) is 4.79 Å². The molecule has 2 aromatic rings. The van der Waals surface area contributed by atoms with Crippen LogP contribution in [-0.2, 0) is 28.5 Å². The van der Waals surface area contributed by atoms with E-state index in [0.29, 0.717) is 31.5 Å². The van der Waals surface area contributed by atoms with E-state index in [-0.39, 0.29) is 37.0 Å². The van der Waals surface area contributed by atoms with Gasteiger partial charge in [-0.3, -0.25) is 9.48 Å². The monoisotopic (exact) mass is 549 g/mol. The highest BCUT2D eigenvalue weighted by atomic mass is 16.6. The van der Waals surface area contributed by atoms with Crippen molar-refractivity contribution in [2.75, 3.05) is 32.8 Å². The quantitative estimate of drug-likeness (QED) is 0.578. The topological polar surface area (TPSA) is 80.1 Å². The number of fused-ring (bicyclic) bond motifs is 4. The van der Waals surface area contributed by atoms with Crippen molar-refractivity contribution >= 4 is 12.0 Å². The summed E-state index contributed by atoms with van der Waals surface area (Å²) >= 11 is 0. The van der Waals surface area contributed by atoms with Gasteiger partial charge in [-0.2, -0.15) is 5.10 Å². The number of aromatic nitrogens is 2. The molecule has 5 aliphatic rings. The van der Waals surface area contributed by atoms with Gasteiger partial charge in [0.05, 0.1) is 13.2 Å². The molecule has 0 aliphatic carbocycles. The maximum atomic E-state index is 13.6. The first-order valence-corrected chi connectivity index (χ1v) is 15.1. The molecule has 1 aromatic carbocycles. The molecule has 5 aliphatic heterocycles. The fourth-order valence-corrected chi connectivity index (χ4v) is 8.16. The lowest BCUT2D eigenvalue weighted by Gasteiger charge is -2.51. The largest absolute Gasteiger partial charge is 0.444 e. The average molecular weight is 550 g/mol. The molecule has 2 bridgehead atoms. The Labute approximate surface area is 237 Å². The molecule has 1 aromatic heterocycles. The highest BCUT2D eigenvalue weighted by molar-refractivity contribution is 5.92. The van der Waals surface area contributed by atoms with Gasteiger partial charge in [-0.1, -0.05) is 24.3 Å². The van der Waals surface area contributed by atoms with E-state index in [4.69, 9.17) is 9.47 Å². The Morgan fingerprint density at radius 2 is 1.82 bits per heavy atom. The summed E-state index contributed by atoms with van der Waals surface area (Å²) in [5.41, 5.74) is 4.18. The molecule has 216 valence electrons. The van der Waals surface area contributed by atoms with Crippen LogP contribution < -0.4 is 0 Å². The van der Waals surface area contributed by atoms with Gasteiger partial charge in [0.25, 0.3) is 5.91 Å². The number of benzene rings is 1. The highest BCUT2D eigenvalue weighted by Crippen LogP contribution is 2.45. The predicted octanol–water partition coefficient (Wildman–Crippen LogP) is 3.89. The summed E-state index contributed by atoms with van der Waals surface area (Å²) in [7, 11) is 1.89. The van der Waals surface area contributed by atoms with Crippen molar-refractivity contribution in [2.45, 2.75) is 88.1 Å². The summed E-state index contributed by atoms with van der Waals surface area (Å²) < 4.78 is 13.0. The number of likely N-dealkylation sites (tertiary alicyclic amines) is 1. The second-order valence-corrected chi connectivity index (χ2v) is 12.7. The van der Waals surface area contributed by atoms with Crippen LogP contribution in [0.1, 0.15) is 73.7 Å². The fourth-order valence-electron chi connectivity index (χ4n) is 8.16. The lowest BCUT2D eigenvalue weighted by atomic mass is 9.68. The zero-order chi connectivity index (χ0) is 27.4. The van der Waals surface area contributed by atoms with Gasteiger partial charge < -0.3 is 24.2 Å². The van der Waals surface area contributed by atoms with Crippen LogP contribution in [0.3, 0.4) is 0 Å². The molecule has 6 heterocycles. The number of amides is 2. The zero-order valence-corrected chi connectivity index (χ0v) is 23.8. The first kappa shape index (κ1) is 26.0. The Kier molecular flexibility index (Phi) is 6.62. The molecule has 9 nitrogen and oxygen atoms in total. The van der Waals surface area contributed by atoms with Gasteiger partial charge in [-0.25, -0.2) is 4.79 Å². The minimum Gasteiger partial charge on any atom is -0.444 e. The maximum Gasteiger partial charge on any atom is 0.410 e. The van der Waals surface area contributed by atoms with E-state index in [1.165, 1.54) is 11.1 Å². The molecule has 2 amide bonds. The Balaban J connectivity index is 0.00000302. The molecule has 40 heavy (non-hydrogen) atoms. The molecule has 0 N–H and O–H groups in total. The molecule has 0 saturated carbocycles. The number of rotatable bonds is 3. The SMILES string of the molecule is Cc1cc(C(=O)N2Cc3ccccc3C3(CCN(C4CC5CCC(C4)N5C(=O)OC4CCOC4)CC3)C2)nn1C.[HH]. The lowest BCUT2D eigenvalue weighted by molar-refractivity contribution is 0.00544. The van der Waals surface area contributed by atoms with E-state index in [9.17, 15) is 9.59 Å². The Morgan fingerprint density at radius 3 is 2.50 bits per heavy atom. The molecule has 1 spiro atoms. The first-order chi connectivity index (χ1) is 19.4. The van der Waals surface area contributed by atoms with Gasteiger partial charge >= 0.3 is 6.09 Å². The number of nitrogens with zero attached hydrogens (tertiary/aromatic N) is 5. The Bertz CT molecular complexity index is 1250. The number of hydrogen-bond donors (Lipinski definition) is 0. The zero-order valence-electron chi connectivity index (χ0n) is 23.8. The molecule has 9 heteroatoms. The van der Waals surface area contributed by atoms with Gasteiger partial charge in [-0.15, -0.1) is 0 Å². The number of aryl methyl sites for hydroxylation is 2. The smallest absolute Gasteiger partial charge is 0.410 e. The molecule has 3 unspecified atom stereocenters. The highest BCUT2D eigenvalue weighted by Gasteiger charge is 2.49. The third-order valence-electron chi connectivity index (χ3n) is 10.4. The van der Waals surface area contributed by atoms with Crippen molar-refractivity contribution < 1.29 is 20.5 Å². The van der Waals surface area contributed by atoms with Crippen molar-refractivity contribution in [1.82, 2.24) is 24.5 Å². The van der Waals surface area contributed by atoms with Gasteiger partial charge in [0, 0.05) is 57.2 Å². The van der Waals surface area contributed by atoms with Crippen molar-refractivity contribution in [2.24, 2.45) is 7.05 Å². The van der Waals surface area contributed by atoms with Crippen LogP contribution in [0.15, 0.2) is 30.3 Å². The molecule has 7 rings (SSSR count). The summed E-state index contributed by atoms with van der Waals surface area (Å²) in [5.74, 6) is 0.0278. The predicted molar refractivity (Wildman–Crippen MR) is 151 cm³/mol. The second-order valence-electron chi connectivity index (χ2n) is 12.7. The van der Waals surface area contributed by atoms with Gasteiger partial charge in [0.15, 0.2) is 5.69 Å². The van der Waals surface area contributed by atoms with Crippen LogP contribution in [0.5, 0.6) is 0 Å². The van der Waals surface area contributed by atoms with E-state index in [0.717, 1.165) is 70.3 Å². The molecule has 4 fully saturated rings. The van der Waals surface area contributed by atoms with E-state index >= 15 is 0 Å². The number of carbonyl (C=O) groups is 2. The van der Waals surface area contributed by atoms with Crippen LogP contribution in [0.25, 0.3) is 0 Å². The van der Waals surface area contributed by atoms with Gasteiger partial charge in [0.1, 0.15) is 6.10 Å². The molecular weight excluding hydrogens is 506 g/mol. The van der Waals surface area contributed by atoms with Gasteiger partial charge in [-0.05, 0) is 75.7 Å². The molecular formula is C31H43N5O4. The van der Waals surface area contributed by atoms with E-state index < -0.39 is 0 Å². The van der Waals surface area contributed by atoms with Crippen LogP contribution in [-0.4, -0.2) is 93.6 Å². The van der Waals surface area contributed by atoms with Crippen molar-refractivity contribution in [3.05, 3.63) is 52.8 Å². The van der Waals surface area contributed by atoms with Crippen LogP contribution in [0, 0.1) is 6.92 Å². The van der Waals surface area contributed by atoms with E-state index in [1.807, 2.05) is 24.9 Å². The number of ether oxygens (including phenoxy) is 2. The third-order valence-corrected chi connectivity index (χ3v) is 10.4. The normalized spacial score (nSPS) is 29.6. The second kappa shape index (κ2) is 10.2. The average Bonchev–Trinajstić information content (AvgIpc) is 3.66. The van der Waals surface area contributed by atoms with Crippen LogP contribution in [0.2, 0.25) is 0 Å². The van der Waals surface area contributed by atoms with E-state index in [1.54, 1.807) is 4.68 Å². The van der Waals surface area contributed by atoms with Crippen molar-refractivity contribution in [1.29, 1.82) is 0 Å². The first-order valence-electron chi connectivity index (χ1n) is 15.1. The summed E-state index contributed by atoms with van der Waals surface area (Å²) in [5, 5.41) is 4.49. The van der Waals surface area contributed by atoms with E-state index in [2.05, 4.69) is 39.2 Å². The third kappa shape index (κ3) is 4.51. The Morgan fingerprint density at radius 1 is 1.07 bits per heavy atom. The maximum absolute atomic E-state index is 13.6. The van der Waals surface area contributed by atoms with Crippen molar-refractivity contribution in [3.8, 4) is 0 Å². The minimum absolute atomic E-state index is 0. The summed E-state index contributed by atoms with van der Waals surface area (Å²) in [4.78, 5) is 33.4. The van der Waals surface area contributed by atoms with Gasteiger partial charge in [0.2, 0.25) is 0 Å². The number of hydrogen-bond acceptors (Lipinski definition) is 6. The molecule has 0 radical (unpaired) electrons. The summed E-state index contributed by atoms with van der Waals surface area (Å²) in [6.07, 6.45) is 6.86. The Hall–Kier alpha value is -2.91. The van der Waals surface area contributed by atoms with Crippen molar-refractivity contribution in [3.63, 3.8) is 0 Å². The standard InChI is InChI=1S/C31H41N5O4.H2/c1-21-15-28(32-33(21)2)29(37)35-18-22-5-3-4-6-27(22)31(20-35)10-12-34(13-11-31)25-16-23-7-8-24(17-25)36(23)30(38)40-26-9-14-39-19-26;/h3-6,15,23-26H,7-14,16-20H2,1-2H3;1H. The fraction of sp³-hybridized carbons (Fsp3) is 0.645. The summed E-state index contributed by atoms with van der Waals surface area (Å²) in [6.45, 7) is 6.62. The molecule has 3 atom stereocenters. The van der Waals surface area contributed by atoms with Crippen LogP contribution >= 0.6 is 0 Å². The summed E-state index contributed by atoms with van der Waals surface area (Å²) in [6, 6.07) is 11.7. The lowest BCUT2D eigenvalue weighted by Crippen LogP contribution is -2.57. The minimum atomic E-state index is -0.134.